The lowest BCUT2D eigenvalue weighted by Crippen LogP contribution is -2.27. The molecule has 0 radical (unpaired) electrons. The van der Waals surface area contributed by atoms with Gasteiger partial charge in [0.2, 0.25) is 0 Å². The molecule has 1 aromatic heterocycles. The zero-order valence-electron chi connectivity index (χ0n) is 9.79. The molecule has 0 aromatic carbocycles. The normalized spacial score (nSPS) is 11.3. The van der Waals surface area contributed by atoms with Crippen molar-refractivity contribution >= 4 is 11.8 Å². The van der Waals surface area contributed by atoms with Crippen LogP contribution in [-0.4, -0.2) is 21.5 Å². The number of nitrogens with one attached hydrogen (secondary N) is 1. The van der Waals surface area contributed by atoms with Crippen LogP contribution in [-0.2, 0) is 11.8 Å². The molecular weight excluding hydrogens is 194 g/mol. The first kappa shape index (κ1) is 11.6. The van der Waals surface area contributed by atoms with E-state index in [1.807, 2.05) is 34.7 Å². The van der Waals surface area contributed by atoms with E-state index >= 15 is 0 Å². The first-order valence-corrected chi connectivity index (χ1v) is 4.78. The SMILES string of the molecule is Cc1c(NC(=O)OC(C)(C)C)cnn1C. The molecule has 5 heteroatoms. The Hall–Kier alpha value is -1.52. The van der Waals surface area contributed by atoms with Gasteiger partial charge in [-0.25, -0.2) is 4.79 Å². The van der Waals surface area contributed by atoms with Gasteiger partial charge in [0.05, 0.1) is 17.6 Å². The lowest BCUT2D eigenvalue weighted by molar-refractivity contribution is 0.0636. The van der Waals surface area contributed by atoms with Crippen molar-refractivity contribution in [2.24, 2.45) is 7.05 Å². The Morgan fingerprint density at radius 1 is 1.53 bits per heavy atom. The molecule has 1 rings (SSSR count). The number of carbonyl (C=O) groups excluding carboxylic acids is 1. The number of amides is 1. The van der Waals surface area contributed by atoms with Crippen molar-refractivity contribution in [1.29, 1.82) is 0 Å². The third kappa shape index (κ3) is 3.27. The second-order valence-electron chi connectivity index (χ2n) is 4.39. The molecule has 0 unspecified atom stereocenters. The Kier molecular flexibility index (Phi) is 3.02. The van der Waals surface area contributed by atoms with Gasteiger partial charge in [-0.2, -0.15) is 5.10 Å². The van der Waals surface area contributed by atoms with E-state index < -0.39 is 11.7 Å². The standard InChI is InChI=1S/C10H17N3O2/c1-7-8(6-11-13(7)5)12-9(14)15-10(2,3)4/h6H,1-5H3,(H,12,14). The average molecular weight is 211 g/mol. The molecule has 1 heterocycles. The molecule has 84 valence electrons. The summed E-state index contributed by atoms with van der Waals surface area (Å²) in [6.07, 6.45) is 1.14. The van der Waals surface area contributed by atoms with E-state index in [2.05, 4.69) is 10.4 Å². The van der Waals surface area contributed by atoms with E-state index in [1.54, 1.807) is 10.9 Å². The minimum atomic E-state index is -0.486. The van der Waals surface area contributed by atoms with Crippen LogP contribution >= 0.6 is 0 Å². The van der Waals surface area contributed by atoms with Gasteiger partial charge in [0, 0.05) is 7.05 Å². The molecule has 0 saturated heterocycles. The van der Waals surface area contributed by atoms with Crippen LogP contribution in [0.4, 0.5) is 10.5 Å². The number of carbonyl (C=O) groups is 1. The summed E-state index contributed by atoms with van der Waals surface area (Å²) in [6.45, 7) is 7.34. The molecule has 0 aliphatic heterocycles. The van der Waals surface area contributed by atoms with E-state index in [-0.39, 0.29) is 0 Å². The molecule has 0 saturated carbocycles. The van der Waals surface area contributed by atoms with Crippen LogP contribution in [0.15, 0.2) is 6.20 Å². The fraction of sp³-hybridized carbons (Fsp3) is 0.600. The predicted octanol–water partition coefficient (Wildman–Crippen LogP) is 2.08. The Balaban J connectivity index is 2.63. The highest BCUT2D eigenvalue weighted by Crippen LogP contribution is 2.14. The van der Waals surface area contributed by atoms with E-state index in [0.29, 0.717) is 5.69 Å². The first-order chi connectivity index (χ1) is 6.79. The maximum absolute atomic E-state index is 11.4. The Bertz CT molecular complexity index is 363. The van der Waals surface area contributed by atoms with E-state index in [1.165, 1.54) is 0 Å². The van der Waals surface area contributed by atoms with Crippen LogP contribution in [0.5, 0.6) is 0 Å². The zero-order chi connectivity index (χ0) is 11.6. The van der Waals surface area contributed by atoms with Gasteiger partial charge >= 0.3 is 6.09 Å². The largest absolute Gasteiger partial charge is 0.444 e. The summed E-state index contributed by atoms with van der Waals surface area (Å²) in [5.74, 6) is 0. The van der Waals surface area contributed by atoms with Crippen molar-refractivity contribution in [2.75, 3.05) is 5.32 Å². The van der Waals surface area contributed by atoms with Gasteiger partial charge in [-0.3, -0.25) is 10.00 Å². The zero-order valence-corrected chi connectivity index (χ0v) is 9.79. The summed E-state index contributed by atoms with van der Waals surface area (Å²) in [4.78, 5) is 11.4. The first-order valence-electron chi connectivity index (χ1n) is 4.78. The monoisotopic (exact) mass is 211 g/mol. The second kappa shape index (κ2) is 3.92. The molecule has 5 nitrogen and oxygen atoms in total. The van der Waals surface area contributed by atoms with Gasteiger partial charge in [0.25, 0.3) is 0 Å². The van der Waals surface area contributed by atoms with Crippen LogP contribution in [0.25, 0.3) is 0 Å². The number of aromatic nitrogens is 2. The quantitative estimate of drug-likeness (QED) is 0.773. The third-order valence-electron chi connectivity index (χ3n) is 1.87. The van der Waals surface area contributed by atoms with E-state index in [9.17, 15) is 4.79 Å². The van der Waals surface area contributed by atoms with Gasteiger partial charge in [0.1, 0.15) is 5.60 Å². The number of nitrogens with zero attached hydrogens (tertiary/aromatic N) is 2. The fourth-order valence-corrected chi connectivity index (χ4v) is 1.03. The summed E-state index contributed by atoms with van der Waals surface area (Å²) in [5.41, 5.74) is 1.08. The number of ether oxygens (including phenoxy) is 1. The fourth-order valence-electron chi connectivity index (χ4n) is 1.03. The highest BCUT2D eigenvalue weighted by atomic mass is 16.6. The highest BCUT2D eigenvalue weighted by molar-refractivity contribution is 5.85. The molecule has 0 aliphatic rings. The minimum absolute atomic E-state index is 0.460. The van der Waals surface area contributed by atoms with Crippen LogP contribution in [0.2, 0.25) is 0 Å². The maximum atomic E-state index is 11.4. The van der Waals surface area contributed by atoms with Gasteiger partial charge < -0.3 is 4.74 Å². The van der Waals surface area contributed by atoms with Gasteiger partial charge in [-0.15, -0.1) is 0 Å². The third-order valence-corrected chi connectivity index (χ3v) is 1.87. The molecule has 0 fully saturated rings. The number of hydrogen-bond acceptors (Lipinski definition) is 3. The second-order valence-corrected chi connectivity index (χ2v) is 4.39. The van der Waals surface area contributed by atoms with Gasteiger partial charge in [-0.05, 0) is 27.7 Å². The van der Waals surface area contributed by atoms with Gasteiger partial charge in [-0.1, -0.05) is 0 Å². The lowest BCUT2D eigenvalue weighted by atomic mass is 10.2. The van der Waals surface area contributed by atoms with Crippen molar-refractivity contribution in [3.63, 3.8) is 0 Å². The predicted molar refractivity (Wildman–Crippen MR) is 57.8 cm³/mol. The number of rotatable bonds is 1. The summed E-state index contributed by atoms with van der Waals surface area (Å²) in [5, 5.41) is 6.66. The van der Waals surface area contributed by atoms with Crippen molar-refractivity contribution in [1.82, 2.24) is 9.78 Å². The van der Waals surface area contributed by atoms with Crippen molar-refractivity contribution in [3.05, 3.63) is 11.9 Å². The smallest absolute Gasteiger partial charge is 0.412 e. The minimum Gasteiger partial charge on any atom is -0.444 e. The molecule has 0 spiro atoms. The topological polar surface area (TPSA) is 56.1 Å². The van der Waals surface area contributed by atoms with Crippen LogP contribution in [0, 0.1) is 6.92 Å². The van der Waals surface area contributed by atoms with Crippen molar-refractivity contribution in [3.8, 4) is 0 Å². The highest BCUT2D eigenvalue weighted by Gasteiger charge is 2.17. The van der Waals surface area contributed by atoms with Crippen LogP contribution < -0.4 is 5.32 Å². The van der Waals surface area contributed by atoms with Crippen molar-refractivity contribution in [2.45, 2.75) is 33.3 Å². The van der Waals surface area contributed by atoms with Crippen LogP contribution in [0.3, 0.4) is 0 Å². The molecule has 0 aliphatic carbocycles. The number of aryl methyl sites for hydroxylation is 1. The molecule has 1 N–H and O–H groups in total. The summed E-state index contributed by atoms with van der Waals surface area (Å²) >= 11 is 0. The van der Waals surface area contributed by atoms with E-state index in [4.69, 9.17) is 4.74 Å². The Morgan fingerprint density at radius 2 is 2.13 bits per heavy atom. The maximum Gasteiger partial charge on any atom is 0.412 e. The van der Waals surface area contributed by atoms with Gasteiger partial charge in [0.15, 0.2) is 0 Å². The van der Waals surface area contributed by atoms with Crippen molar-refractivity contribution < 1.29 is 9.53 Å². The Labute approximate surface area is 89.4 Å². The Morgan fingerprint density at radius 3 is 2.53 bits per heavy atom. The molecule has 15 heavy (non-hydrogen) atoms. The molecule has 0 bridgehead atoms. The number of hydrogen-bond donors (Lipinski definition) is 1. The molecule has 1 amide bonds. The van der Waals surface area contributed by atoms with E-state index in [0.717, 1.165) is 5.69 Å². The molecular formula is C10H17N3O2. The molecule has 0 atom stereocenters. The van der Waals surface area contributed by atoms with Crippen LogP contribution in [0.1, 0.15) is 26.5 Å². The lowest BCUT2D eigenvalue weighted by Gasteiger charge is -2.19. The summed E-state index contributed by atoms with van der Waals surface area (Å²) in [7, 11) is 1.82. The average Bonchev–Trinajstić information content (AvgIpc) is 2.32. The summed E-state index contributed by atoms with van der Waals surface area (Å²) in [6, 6.07) is 0. The number of anilines is 1. The summed E-state index contributed by atoms with van der Waals surface area (Å²) < 4.78 is 6.81. The molecule has 1 aromatic rings.